The van der Waals surface area contributed by atoms with E-state index in [-0.39, 0.29) is 6.54 Å². The van der Waals surface area contributed by atoms with E-state index < -0.39 is 11.7 Å². The molecule has 0 unspecified atom stereocenters. The van der Waals surface area contributed by atoms with Crippen molar-refractivity contribution in [1.82, 2.24) is 4.57 Å². The summed E-state index contributed by atoms with van der Waals surface area (Å²) in [6.45, 7) is 5.76. The van der Waals surface area contributed by atoms with E-state index in [2.05, 4.69) is 15.9 Å². The third-order valence-electron chi connectivity index (χ3n) is 1.72. The molecule has 4 nitrogen and oxygen atoms in total. The van der Waals surface area contributed by atoms with Gasteiger partial charge in [0.05, 0.1) is 5.69 Å². The largest absolute Gasteiger partial charge is 0.443 e. The second-order valence-electron chi connectivity index (χ2n) is 4.16. The number of carbonyl (C=O) groups is 1. The van der Waals surface area contributed by atoms with Crippen LogP contribution in [0.25, 0.3) is 0 Å². The van der Waals surface area contributed by atoms with E-state index >= 15 is 0 Å². The van der Waals surface area contributed by atoms with Crippen LogP contribution in [-0.2, 0) is 11.3 Å². The van der Waals surface area contributed by atoms with Gasteiger partial charge in [0.25, 0.3) is 0 Å². The van der Waals surface area contributed by atoms with Gasteiger partial charge in [-0.2, -0.15) is 0 Å². The fourth-order valence-corrected chi connectivity index (χ4v) is 1.59. The summed E-state index contributed by atoms with van der Waals surface area (Å²) in [5.41, 5.74) is 5.75. The molecule has 0 saturated heterocycles. The standard InChI is InChI=1S/C10H15BrN2O2/c1-10(2,3)15-9(14)13-5-4-7(11)8(13)6-12/h4-5H,6,12H2,1-3H3. The zero-order chi connectivity index (χ0) is 11.6. The lowest BCUT2D eigenvalue weighted by Gasteiger charge is -2.20. The van der Waals surface area contributed by atoms with E-state index in [0.29, 0.717) is 5.69 Å². The summed E-state index contributed by atoms with van der Waals surface area (Å²) in [4.78, 5) is 11.7. The molecule has 84 valence electrons. The summed E-state index contributed by atoms with van der Waals surface area (Å²) in [7, 11) is 0. The first-order chi connectivity index (χ1) is 6.85. The lowest BCUT2D eigenvalue weighted by molar-refractivity contribution is 0.0533. The molecule has 0 aliphatic rings. The average Bonchev–Trinajstić information content (AvgIpc) is 2.43. The Balaban J connectivity index is 2.92. The molecular weight excluding hydrogens is 260 g/mol. The number of ether oxygens (including phenoxy) is 1. The first kappa shape index (κ1) is 12.3. The Morgan fingerprint density at radius 3 is 2.67 bits per heavy atom. The molecule has 1 heterocycles. The van der Waals surface area contributed by atoms with Gasteiger partial charge in [0.2, 0.25) is 0 Å². The van der Waals surface area contributed by atoms with Crippen LogP contribution in [0.2, 0.25) is 0 Å². The Morgan fingerprint density at radius 1 is 1.60 bits per heavy atom. The maximum absolute atomic E-state index is 11.7. The van der Waals surface area contributed by atoms with E-state index in [4.69, 9.17) is 10.5 Å². The van der Waals surface area contributed by atoms with Crippen molar-refractivity contribution < 1.29 is 9.53 Å². The Hall–Kier alpha value is -0.810. The second kappa shape index (κ2) is 4.37. The summed E-state index contributed by atoms with van der Waals surface area (Å²) < 4.78 is 7.45. The lowest BCUT2D eigenvalue weighted by atomic mass is 10.2. The molecule has 1 rings (SSSR count). The number of halogens is 1. The molecule has 1 aromatic rings. The lowest BCUT2D eigenvalue weighted by Crippen LogP contribution is -2.28. The zero-order valence-electron chi connectivity index (χ0n) is 9.08. The van der Waals surface area contributed by atoms with Crippen molar-refractivity contribution >= 4 is 22.0 Å². The van der Waals surface area contributed by atoms with Gasteiger partial charge in [-0.1, -0.05) is 0 Å². The third kappa shape index (κ3) is 3.07. The molecule has 0 amide bonds. The van der Waals surface area contributed by atoms with Gasteiger partial charge in [0.1, 0.15) is 5.60 Å². The van der Waals surface area contributed by atoms with Gasteiger partial charge in [-0.15, -0.1) is 0 Å². The van der Waals surface area contributed by atoms with Crippen molar-refractivity contribution in [3.63, 3.8) is 0 Å². The fraction of sp³-hybridized carbons (Fsp3) is 0.500. The molecule has 0 atom stereocenters. The summed E-state index contributed by atoms with van der Waals surface area (Å²) in [5, 5.41) is 0. The third-order valence-corrected chi connectivity index (χ3v) is 2.44. The smallest absolute Gasteiger partial charge is 0.418 e. The number of aromatic nitrogens is 1. The van der Waals surface area contributed by atoms with Crippen LogP contribution in [0.4, 0.5) is 4.79 Å². The van der Waals surface area contributed by atoms with E-state index in [1.165, 1.54) is 4.57 Å². The van der Waals surface area contributed by atoms with Crippen molar-refractivity contribution in [3.8, 4) is 0 Å². The highest BCUT2D eigenvalue weighted by Gasteiger charge is 2.19. The average molecular weight is 275 g/mol. The molecule has 0 aliphatic heterocycles. The van der Waals surface area contributed by atoms with Crippen molar-refractivity contribution in [1.29, 1.82) is 0 Å². The van der Waals surface area contributed by atoms with Crippen molar-refractivity contribution in [2.45, 2.75) is 32.9 Å². The van der Waals surface area contributed by atoms with Crippen LogP contribution >= 0.6 is 15.9 Å². The maximum Gasteiger partial charge on any atom is 0.418 e. The normalized spacial score (nSPS) is 11.5. The second-order valence-corrected chi connectivity index (χ2v) is 5.02. The van der Waals surface area contributed by atoms with Crippen LogP contribution in [0.1, 0.15) is 26.5 Å². The molecule has 1 aromatic heterocycles. The van der Waals surface area contributed by atoms with E-state index in [9.17, 15) is 4.79 Å². The van der Waals surface area contributed by atoms with Crippen LogP contribution in [0.5, 0.6) is 0 Å². The van der Waals surface area contributed by atoms with Crippen LogP contribution in [-0.4, -0.2) is 16.3 Å². The number of carbonyl (C=O) groups excluding carboxylic acids is 1. The molecule has 0 aromatic carbocycles. The van der Waals surface area contributed by atoms with Gasteiger partial charge in [0.15, 0.2) is 0 Å². The molecule has 0 spiro atoms. The van der Waals surface area contributed by atoms with E-state index in [1.807, 2.05) is 20.8 Å². The van der Waals surface area contributed by atoms with E-state index in [0.717, 1.165) is 4.47 Å². The predicted molar refractivity (Wildman–Crippen MR) is 61.7 cm³/mol. The summed E-state index contributed by atoms with van der Waals surface area (Å²) in [6.07, 6.45) is 1.23. The Kier molecular flexibility index (Phi) is 3.57. The Labute approximate surface area is 97.5 Å². The van der Waals surface area contributed by atoms with Gasteiger partial charge in [-0.3, -0.25) is 4.57 Å². The first-order valence-electron chi connectivity index (χ1n) is 4.64. The molecule has 15 heavy (non-hydrogen) atoms. The minimum Gasteiger partial charge on any atom is -0.443 e. The van der Waals surface area contributed by atoms with E-state index in [1.54, 1.807) is 12.3 Å². The van der Waals surface area contributed by atoms with Gasteiger partial charge in [0, 0.05) is 17.2 Å². The number of nitrogens with zero attached hydrogens (tertiary/aromatic N) is 1. The number of hydrogen-bond acceptors (Lipinski definition) is 3. The van der Waals surface area contributed by atoms with Crippen LogP contribution in [0, 0.1) is 0 Å². The molecular formula is C10H15BrN2O2. The van der Waals surface area contributed by atoms with Crippen molar-refractivity contribution in [3.05, 3.63) is 22.4 Å². The summed E-state index contributed by atoms with van der Waals surface area (Å²) >= 11 is 3.32. The zero-order valence-corrected chi connectivity index (χ0v) is 10.7. The number of nitrogens with two attached hydrogens (primary N) is 1. The van der Waals surface area contributed by atoms with Crippen molar-refractivity contribution in [2.75, 3.05) is 0 Å². The van der Waals surface area contributed by atoms with Crippen LogP contribution in [0.15, 0.2) is 16.7 Å². The highest BCUT2D eigenvalue weighted by molar-refractivity contribution is 9.10. The van der Waals surface area contributed by atoms with Gasteiger partial charge < -0.3 is 10.5 Å². The molecule has 0 radical (unpaired) electrons. The summed E-state index contributed by atoms with van der Waals surface area (Å²) in [6, 6.07) is 1.77. The van der Waals surface area contributed by atoms with Gasteiger partial charge in [-0.05, 0) is 42.8 Å². The molecule has 0 saturated carbocycles. The van der Waals surface area contributed by atoms with Gasteiger partial charge >= 0.3 is 6.09 Å². The topological polar surface area (TPSA) is 57.2 Å². The Morgan fingerprint density at radius 2 is 2.20 bits per heavy atom. The van der Waals surface area contributed by atoms with Gasteiger partial charge in [-0.25, -0.2) is 4.79 Å². The fourth-order valence-electron chi connectivity index (χ4n) is 1.12. The molecule has 5 heteroatoms. The van der Waals surface area contributed by atoms with Crippen LogP contribution in [0.3, 0.4) is 0 Å². The Bertz CT molecular complexity index is 366. The quantitative estimate of drug-likeness (QED) is 0.856. The highest BCUT2D eigenvalue weighted by atomic mass is 79.9. The predicted octanol–water partition coefficient (Wildman–Crippen LogP) is 2.49. The molecule has 0 aliphatic carbocycles. The minimum absolute atomic E-state index is 0.285. The van der Waals surface area contributed by atoms with Crippen molar-refractivity contribution in [2.24, 2.45) is 5.73 Å². The maximum atomic E-state index is 11.7. The highest BCUT2D eigenvalue weighted by Crippen LogP contribution is 2.19. The minimum atomic E-state index is -0.500. The number of hydrogen-bond donors (Lipinski definition) is 1. The first-order valence-corrected chi connectivity index (χ1v) is 5.43. The van der Waals surface area contributed by atoms with Crippen LogP contribution < -0.4 is 5.73 Å². The molecule has 0 fully saturated rings. The monoisotopic (exact) mass is 274 g/mol. The SMILES string of the molecule is CC(C)(C)OC(=O)n1ccc(Br)c1CN. The summed E-state index contributed by atoms with van der Waals surface area (Å²) in [5.74, 6) is 0. The number of rotatable bonds is 1. The molecule has 0 bridgehead atoms. The molecule has 2 N–H and O–H groups in total.